The first kappa shape index (κ1) is 37.0. The summed E-state index contributed by atoms with van der Waals surface area (Å²) in [6.07, 6.45) is -2.18. The molecule has 0 radical (unpaired) electrons. The van der Waals surface area contributed by atoms with Gasteiger partial charge in [0, 0.05) is 43.2 Å². The van der Waals surface area contributed by atoms with E-state index in [0.717, 1.165) is 22.6 Å². The van der Waals surface area contributed by atoms with Crippen molar-refractivity contribution in [3.8, 4) is 0 Å². The highest BCUT2D eigenvalue weighted by atomic mass is 32.2. The van der Waals surface area contributed by atoms with Crippen LogP contribution in [0.25, 0.3) is 0 Å². The minimum absolute atomic E-state index is 0.0830. The van der Waals surface area contributed by atoms with E-state index >= 15 is 0 Å². The Morgan fingerprint density at radius 1 is 1.09 bits per heavy atom. The molecule has 1 aliphatic rings. The van der Waals surface area contributed by atoms with Gasteiger partial charge in [0.25, 0.3) is 0 Å². The van der Waals surface area contributed by atoms with Crippen molar-refractivity contribution >= 4 is 47.8 Å². The Hall–Kier alpha value is -3.15. The number of thioether (sulfide) groups is 1. The van der Waals surface area contributed by atoms with E-state index in [1.54, 1.807) is 23.1 Å². The minimum atomic E-state index is -4.23. The molecule has 0 aromatic heterocycles. The second-order valence-corrected chi connectivity index (χ2v) is 11.3. The van der Waals surface area contributed by atoms with Crippen LogP contribution in [0.4, 0.5) is 18.9 Å². The lowest BCUT2D eigenvalue weighted by Gasteiger charge is -2.22. The Labute approximate surface area is 259 Å². The van der Waals surface area contributed by atoms with E-state index in [2.05, 4.69) is 10.6 Å². The Bertz CT molecular complexity index is 1260. The standard InChI is InChI=1S/C20H33BN6O5.C8H7F3S/c1-20(2)14-11-13(3-4-15(14)21(31)32-20)26-17(28)12-25-19(30)16(24)5-6-18(29)27(9-7-22)10-8-23;1-12-7-4-2-6(3-5-7)8(9,10)11/h3-4,11,16,31H,5-10,12,22-24H2,1-2H3,(H,25,30)(H,26,28);2-5H,1H3. The number of hydrogen-bond acceptors (Lipinski definition) is 9. The van der Waals surface area contributed by atoms with Gasteiger partial charge < -0.3 is 42.4 Å². The molecule has 16 heteroatoms. The molecule has 1 aliphatic heterocycles. The number of carbonyl (C=O) groups excluding carboxylic acids is 3. The van der Waals surface area contributed by atoms with Gasteiger partial charge in [-0.15, -0.1) is 11.8 Å². The fourth-order valence-electron chi connectivity index (χ4n) is 4.30. The summed E-state index contributed by atoms with van der Waals surface area (Å²) < 4.78 is 41.5. The fourth-order valence-corrected chi connectivity index (χ4v) is 4.71. The summed E-state index contributed by atoms with van der Waals surface area (Å²) in [6.45, 7) is 4.81. The number of halogens is 3. The molecule has 0 saturated heterocycles. The van der Waals surface area contributed by atoms with Crippen molar-refractivity contribution in [2.45, 2.75) is 49.4 Å². The average molecular weight is 641 g/mol. The zero-order valence-electron chi connectivity index (χ0n) is 24.9. The third-order valence-electron chi connectivity index (χ3n) is 6.66. The van der Waals surface area contributed by atoms with Gasteiger partial charge in [0.1, 0.15) is 0 Å². The van der Waals surface area contributed by atoms with Crippen molar-refractivity contribution in [2.24, 2.45) is 17.2 Å². The minimum Gasteiger partial charge on any atom is -0.423 e. The van der Waals surface area contributed by atoms with E-state index in [0.29, 0.717) is 37.3 Å². The number of nitrogens with two attached hydrogens (primary N) is 3. The first-order chi connectivity index (χ1) is 20.6. The van der Waals surface area contributed by atoms with Gasteiger partial charge in [0.05, 0.1) is 23.8 Å². The molecular weight excluding hydrogens is 600 g/mol. The molecule has 3 amide bonds. The second-order valence-electron chi connectivity index (χ2n) is 10.4. The van der Waals surface area contributed by atoms with E-state index in [4.69, 9.17) is 21.9 Å². The molecule has 9 N–H and O–H groups in total. The summed E-state index contributed by atoms with van der Waals surface area (Å²) in [6, 6.07) is 9.26. The quantitative estimate of drug-likeness (QED) is 0.145. The van der Waals surface area contributed by atoms with Crippen LogP contribution in [0.15, 0.2) is 47.4 Å². The Morgan fingerprint density at radius 2 is 1.70 bits per heavy atom. The molecule has 0 saturated carbocycles. The van der Waals surface area contributed by atoms with Gasteiger partial charge in [-0.05, 0) is 73.9 Å². The Balaban J connectivity index is 0.000000469. The van der Waals surface area contributed by atoms with Gasteiger partial charge in [0.2, 0.25) is 17.7 Å². The summed E-state index contributed by atoms with van der Waals surface area (Å²) in [5, 5.41) is 15.1. The van der Waals surface area contributed by atoms with Crippen LogP contribution in [0, 0.1) is 0 Å². The van der Waals surface area contributed by atoms with Crippen molar-refractivity contribution in [3.63, 3.8) is 0 Å². The first-order valence-corrected chi connectivity index (χ1v) is 15.1. The number of rotatable bonds is 12. The van der Waals surface area contributed by atoms with Crippen LogP contribution < -0.4 is 33.3 Å². The molecule has 0 spiro atoms. The van der Waals surface area contributed by atoms with E-state index in [1.807, 2.05) is 20.1 Å². The predicted octanol–water partition coefficient (Wildman–Crippen LogP) is 0.975. The first-order valence-electron chi connectivity index (χ1n) is 13.9. The molecule has 2 aromatic carbocycles. The number of alkyl halides is 3. The molecule has 0 fully saturated rings. The van der Waals surface area contributed by atoms with Crippen LogP contribution >= 0.6 is 11.8 Å². The third kappa shape index (κ3) is 11.1. The lowest BCUT2D eigenvalue weighted by atomic mass is 9.78. The normalized spacial score (nSPS) is 14.2. The lowest BCUT2D eigenvalue weighted by molar-refractivity contribution is -0.137. The van der Waals surface area contributed by atoms with E-state index in [1.165, 1.54) is 23.9 Å². The highest BCUT2D eigenvalue weighted by Crippen LogP contribution is 2.31. The molecular formula is C28H40BF3N6O5S. The summed E-state index contributed by atoms with van der Waals surface area (Å²) in [5.74, 6) is -1.13. The zero-order valence-corrected chi connectivity index (χ0v) is 25.8. The number of anilines is 1. The van der Waals surface area contributed by atoms with Gasteiger partial charge >= 0.3 is 13.3 Å². The van der Waals surface area contributed by atoms with Crippen LogP contribution in [-0.2, 0) is 30.8 Å². The molecule has 1 atom stereocenters. The van der Waals surface area contributed by atoms with Crippen LogP contribution in [-0.4, -0.2) is 79.8 Å². The molecule has 1 heterocycles. The lowest BCUT2D eigenvalue weighted by Crippen LogP contribution is -2.45. The monoisotopic (exact) mass is 640 g/mol. The number of nitrogens with one attached hydrogen (secondary N) is 2. The molecule has 0 bridgehead atoms. The van der Waals surface area contributed by atoms with Crippen LogP contribution in [0.1, 0.15) is 37.8 Å². The SMILES string of the molecule is CC1(C)OB(O)c2ccc(NC(=O)CNC(=O)C(N)CCC(=O)N(CCN)CCN)cc21.CSc1ccc(C(F)(F)F)cc1. The predicted molar refractivity (Wildman–Crippen MR) is 165 cm³/mol. The third-order valence-corrected chi connectivity index (χ3v) is 7.40. The molecule has 2 aromatic rings. The van der Waals surface area contributed by atoms with Crippen LogP contribution in [0.5, 0.6) is 0 Å². The second kappa shape index (κ2) is 16.8. The maximum atomic E-state index is 12.2. The van der Waals surface area contributed by atoms with E-state index in [9.17, 15) is 32.6 Å². The van der Waals surface area contributed by atoms with E-state index < -0.39 is 42.3 Å². The van der Waals surface area contributed by atoms with Crippen molar-refractivity contribution in [3.05, 3.63) is 53.6 Å². The van der Waals surface area contributed by atoms with Gasteiger partial charge in [-0.3, -0.25) is 14.4 Å². The highest BCUT2D eigenvalue weighted by molar-refractivity contribution is 7.98. The van der Waals surface area contributed by atoms with Gasteiger partial charge in [-0.25, -0.2) is 0 Å². The maximum Gasteiger partial charge on any atom is 0.492 e. The number of hydrogen-bond donors (Lipinski definition) is 6. The fraction of sp³-hybridized carbons (Fsp3) is 0.464. The number of carbonyl (C=O) groups is 3. The topological polar surface area (TPSA) is 186 Å². The van der Waals surface area contributed by atoms with Crippen molar-refractivity contribution in [1.29, 1.82) is 0 Å². The number of benzene rings is 2. The summed E-state index contributed by atoms with van der Waals surface area (Å²) >= 11 is 1.42. The van der Waals surface area contributed by atoms with Crippen molar-refractivity contribution in [2.75, 3.05) is 44.3 Å². The van der Waals surface area contributed by atoms with E-state index in [-0.39, 0.29) is 25.3 Å². The summed E-state index contributed by atoms with van der Waals surface area (Å²) in [7, 11) is -1.00. The molecule has 0 aliphatic carbocycles. The number of amides is 3. The molecule has 1 unspecified atom stereocenters. The molecule has 242 valence electrons. The molecule has 3 rings (SSSR count). The Kier molecular flexibility index (Phi) is 14.1. The molecule has 44 heavy (non-hydrogen) atoms. The van der Waals surface area contributed by atoms with Gasteiger partial charge in [0.15, 0.2) is 0 Å². The highest BCUT2D eigenvalue weighted by Gasteiger charge is 2.40. The van der Waals surface area contributed by atoms with Gasteiger partial charge in [-0.2, -0.15) is 13.2 Å². The Morgan fingerprint density at radius 3 is 2.25 bits per heavy atom. The average Bonchev–Trinajstić information content (AvgIpc) is 3.21. The zero-order chi connectivity index (χ0) is 33.1. The van der Waals surface area contributed by atoms with Crippen molar-refractivity contribution in [1.82, 2.24) is 10.2 Å². The number of fused-ring (bicyclic) bond motifs is 1. The molecule has 11 nitrogen and oxygen atoms in total. The summed E-state index contributed by atoms with van der Waals surface area (Å²) in [5.41, 5.74) is 17.5. The van der Waals surface area contributed by atoms with Gasteiger partial charge in [-0.1, -0.05) is 6.07 Å². The van der Waals surface area contributed by atoms with Crippen LogP contribution in [0.3, 0.4) is 0 Å². The smallest absolute Gasteiger partial charge is 0.423 e. The summed E-state index contributed by atoms with van der Waals surface area (Å²) in [4.78, 5) is 39.0. The maximum absolute atomic E-state index is 12.2. The van der Waals surface area contributed by atoms with Crippen molar-refractivity contribution < 1.29 is 37.2 Å². The van der Waals surface area contributed by atoms with Crippen LogP contribution in [0.2, 0.25) is 0 Å². The number of nitrogens with zero attached hydrogens (tertiary/aromatic N) is 1. The largest absolute Gasteiger partial charge is 0.492 e.